The van der Waals surface area contributed by atoms with Crippen LogP contribution in [0.5, 0.6) is 5.75 Å². The van der Waals surface area contributed by atoms with Gasteiger partial charge >= 0.3 is 0 Å². The first-order chi connectivity index (χ1) is 9.63. The Morgan fingerprint density at radius 3 is 2.50 bits per heavy atom. The van der Waals surface area contributed by atoms with Gasteiger partial charge in [-0.1, -0.05) is 31.9 Å². The Labute approximate surface area is 123 Å². The topological polar surface area (TPSA) is 21.3 Å². The van der Waals surface area contributed by atoms with Gasteiger partial charge in [-0.15, -0.1) is 0 Å². The summed E-state index contributed by atoms with van der Waals surface area (Å²) in [5, 5.41) is 3.21. The Balaban J connectivity index is 2.09. The molecule has 0 aromatic heterocycles. The van der Waals surface area contributed by atoms with Gasteiger partial charge in [-0.2, -0.15) is 0 Å². The molecule has 0 aliphatic heterocycles. The molecule has 20 heavy (non-hydrogen) atoms. The van der Waals surface area contributed by atoms with Crippen molar-refractivity contribution in [1.82, 2.24) is 5.32 Å². The molecular weight excluding hydrogens is 246 g/mol. The van der Waals surface area contributed by atoms with E-state index in [1.54, 1.807) is 0 Å². The van der Waals surface area contributed by atoms with Crippen LogP contribution in [0.2, 0.25) is 0 Å². The zero-order valence-electron chi connectivity index (χ0n) is 13.5. The van der Waals surface area contributed by atoms with Gasteiger partial charge in [0.25, 0.3) is 0 Å². The van der Waals surface area contributed by atoms with Crippen molar-refractivity contribution >= 4 is 0 Å². The smallest absolute Gasteiger partial charge is 0.125 e. The normalized spacial score (nSPS) is 22.8. The minimum Gasteiger partial charge on any atom is -0.490 e. The SMILES string of the molecule is CCC1CCCC(Oc2c(C)cc(CNC)cc2C)C1. The van der Waals surface area contributed by atoms with Gasteiger partial charge in [-0.05, 0) is 62.8 Å². The fourth-order valence-corrected chi connectivity index (χ4v) is 3.42. The van der Waals surface area contributed by atoms with Crippen LogP contribution < -0.4 is 10.1 Å². The van der Waals surface area contributed by atoms with Crippen molar-refractivity contribution < 1.29 is 4.74 Å². The second kappa shape index (κ2) is 7.12. The zero-order chi connectivity index (χ0) is 14.5. The van der Waals surface area contributed by atoms with Crippen molar-refractivity contribution in [2.45, 2.75) is 65.5 Å². The number of aryl methyl sites for hydroxylation is 2. The number of hydrogen-bond acceptors (Lipinski definition) is 2. The highest BCUT2D eigenvalue weighted by Crippen LogP contribution is 2.32. The van der Waals surface area contributed by atoms with Crippen LogP contribution in [-0.2, 0) is 6.54 Å². The Hall–Kier alpha value is -1.02. The molecule has 2 atom stereocenters. The molecule has 0 amide bonds. The number of nitrogens with one attached hydrogen (secondary N) is 1. The summed E-state index contributed by atoms with van der Waals surface area (Å²) in [5.74, 6) is 1.98. The Bertz CT molecular complexity index is 418. The summed E-state index contributed by atoms with van der Waals surface area (Å²) in [6.45, 7) is 7.56. The number of benzene rings is 1. The van der Waals surface area contributed by atoms with Crippen LogP contribution in [0, 0.1) is 19.8 Å². The lowest BCUT2D eigenvalue weighted by atomic mass is 9.85. The lowest BCUT2D eigenvalue weighted by Gasteiger charge is -2.30. The summed E-state index contributed by atoms with van der Waals surface area (Å²) >= 11 is 0. The van der Waals surface area contributed by atoms with Crippen LogP contribution in [0.1, 0.15) is 55.7 Å². The molecule has 1 aromatic rings. The van der Waals surface area contributed by atoms with Crippen LogP contribution in [0.25, 0.3) is 0 Å². The number of hydrogen-bond donors (Lipinski definition) is 1. The first kappa shape index (κ1) is 15.4. The summed E-state index contributed by atoms with van der Waals surface area (Å²) in [6.07, 6.45) is 6.86. The molecule has 1 aliphatic rings. The van der Waals surface area contributed by atoms with Crippen LogP contribution in [-0.4, -0.2) is 13.2 Å². The van der Waals surface area contributed by atoms with Gasteiger partial charge in [0.05, 0.1) is 6.10 Å². The highest BCUT2D eigenvalue weighted by molar-refractivity contribution is 5.43. The third-order valence-electron chi connectivity index (χ3n) is 4.50. The minimum atomic E-state index is 0.418. The molecule has 1 fully saturated rings. The Kier molecular flexibility index (Phi) is 5.47. The van der Waals surface area contributed by atoms with E-state index in [-0.39, 0.29) is 0 Å². The maximum atomic E-state index is 6.36. The van der Waals surface area contributed by atoms with E-state index >= 15 is 0 Å². The average molecular weight is 275 g/mol. The number of rotatable bonds is 5. The quantitative estimate of drug-likeness (QED) is 0.861. The molecule has 2 rings (SSSR count). The molecular formula is C18H29NO. The van der Waals surface area contributed by atoms with E-state index in [9.17, 15) is 0 Å². The summed E-state index contributed by atoms with van der Waals surface area (Å²) < 4.78 is 6.36. The maximum Gasteiger partial charge on any atom is 0.125 e. The predicted molar refractivity (Wildman–Crippen MR) is 85.3 cm³/mol. The molecule has 0 bridgehead atoms. The van der Waals surface area contributed by atoms with Gasteiger partial charge in [0.15, 0.2) is 0 Å². The molecule has 1 N–H and O–H groups in total. The maximum absolute atomic E-state index is 6.36. The standard InChI is InChI=1S/C18H29NO/c1-5-15-7-6-8-17(11-15)20-18-13(2)9-16(12-19-4)10-14(18)3/h9-10,15,17,19H,5-8,11-12H2,1-4H3. The van der Waals surface area contributed by atoms with Crippen molar-refractivity contribution in [1.29, 1.82) is 0 Å². The summed E-state index contributed by atoms with van der Waals surface area (Å²) in [6, 6.07) is 4.50. The molecule has 2 nitrogen and oxygen atoms in total. The van der Waals surface area contributed by atoms with Crippen molar-refractivity contribution in [3.05, 3.63) is 28.8 Å². The second-order valence-electron chi connectivity index (χ2n) is 6.27. The minimum absolute atomic E-state index is 0.418. The Morgan fingerprint density at radius 2 is 1.90 bits per heavy atom. The van der Waals surface area contributed by atoms with Gasteiger partial charge in [0, 0.05) is 6.54 Å². The third kappa shape index (κ3) is 3.76. The molecule has 0 saturated heterocycles. The van der Waals surface area contributed by atoms with E-state index in [1.807, 2.05) is 7.05 Å². The molecule has 0 radical (unpaired) electrons. The first-order valence-electron chi connectivity index (χ1n) is 8.05. The monoisotopic (exact) mass is 275 g/mol. The molecule has 1 aromatic carbocycles. The lowest BCUT2D eigenvalue weighted by molar-refractivity contribution is 0.120. The van der Waals surface area contributed by atoms with Crippen LogP contribution >= 0.6 is 0 Å². The van der Waals surface area contributed by atoms with E-state index in [4.69, 9.17) is 4.74 Å². The van der Waals surface area contributed by atoms with E-state index in [2.05, 4.69) is 38.2 Å². The largest absolute Gasteiger partial charge is 0.490 e. The first-order valence-corrected chi connectivity index (χ1v) is 8.05. The fraction of sp³-hybridized carbons (Fsp3) is 0.667. The number of ether oxygens (including phenoxy) is 1. The lowest BCUT2D eigenvalue weighted by Crippen LogP contribution is -2.25. The van der Waals surface area contributed by atoms with E-state index in [0.717, 1.165) is 18.2 Å². The second-order valence-corrected chi connectivity index (χ2v) is 6.27. The third-order valence-corrected chi connectivity index (χ3v) is 4.50. The summed E-state index contributed by atoms with van der Waals surface area (Å²) in [4.78, 5) is 0. The highest BCUT2D eigenvalue weighted by atomic mass is 16.5. The van der Waals surface area contributed by atoms with E-state index in [0.29, 0.717) is 6.10 Å². The fourth-order valence-electron chi connectivity index (χ4n) is 3.42. The molecule has 0 spiro atoms. The molecule has 0 heterocycles. The van der Waals surface area contributed by atoms with Crippen LogP contribution in [0.3, 0.4) is 0 Å². The molecule has 2 unspecified atom stereocenters. The predicted octanol–water partition coefficient (Wildman–Crippen LogP) is 4.37. The highest BCUT2D eigenvalue weighted by Gasteiger charge is 2.23. The van der Waals surface area contributed by atoms with E-state index in [1.165, 1.54) is 48.8 Å². The molecule has 112 valence electrons. The molecule has 1 saturated carbocycles. The summed E-state index contributed by atoms with van der Waals surface area (Å²) in [5.41, 5.74) is 3.88. The van der Waals surface area contributed by atoms with Crippen molar-refractivity contribution in [2.75, 3.05) is 7.05 Å². The van der Waals surface area contributed by atoms with Gasteiger partial charge in [-0.25, -0.2) is 0 Å². The molecule has 2 heteroatoms. The van der Waals surface area contributed by atoms with Crippen LogP contribution in [0.4, 0.5) is 0 Å². The van der Waals surface area contributed by atoms with Gasteiger partial charge < -0.3 is 10.1 Å². The average Bonchev–Trinajstić information content (AvgIpc) is 2.43. The van der Waals surface area contributed by atoms with Gasteiger partial charge in [0.2, 0.25) is 0 Å². The van der Waals surface area contributed by atoms with Crippen LogP contribution in [0.15, 0.2) is 12.1 Å². The van der Waals surface area contributed by atoms with Crippen molar-refractivity contribution in [3.63, 3.8) is 0 Å². The zero-order valence-corrected chi connectivity index (χ0v) is 13.5. The van der Waals surface area contributed by atoms with Crippen molar-refractivity contribution in [2.24, 2.45) is 5.92 Å². The summed E-state index contributed by atoms with van der Waals surface area (Å²) in [7, 11) is 1.99. The molecule has 1 aliphatic carbocycles. The van der Waals surface area contributed by atoms with Gasteiger partial charge in [-0.3, -0.25) is 0 Å². The Morgan fingerprint density at radius 1 is 1.20 bits per heavy atom. The van der Waals surface area contributed by atoms with Gasteiger partial charge in [0.1, 0.15) is 5.75 Å². The van der Waals surface area contributed by atoms with Crippen molar-refractivity contribution in [3.8, 4) is 5.75 Å². The van der Waals surface area contributed by atoms with E-state index < -0.39 is 0 Å².